The number of ether oxygens (including phenoxy) is 6. The molecule has 1 saturated heterocycles. The molecule has 5 rings (SSSR count). The molecular formula is C37H51N5O7S. The first-order chi connectivity index (χ1) is 24.1. The highest BCUT2D eigenvalue weighted by Crippen LogP contribution is 2.41. The van der Waals surface area contributed by atoms with Gasteiger partial charge in [-0.1, -0.05) is 18.2 Å². The molecule has 3 aromatic carbocycles. The van der Waals surface area contributed by atoms with Crippen molar-refractivity contribution >= 4 is 29.3 Å². The van der Waals surface area contributed by atoms with Crippen molar-refractivity contribution in [3.05, 3.63) is 70.8 Å². The smallest absolute Gasteiger partial charge is 0.306 e. The summed E-state index contributed by atoms with van der Waals surface area (Å²) in [6.07, 6.45) is 0.181. The predicted octanol–water partition coefficient (Wildman–Crippen LogP) is 4.65. The molecule has 0 amide bonds. The summed E-state index contributed by atoms with van der Waals surface area (Å²) >= 11 is 1.67. The Hall–Kier alpha value is -3.72. The summed E-state index contributed by atoms with van der Waals surface area (Å²) in [5, 5.41) is 4.74. The number of morpholine rings is 1. The van der Waals surface area contributed by atoms with Crippen molar-refractivity contribution < 1.29 is 33.2 Å². The van der Waals surface area contributed by atoms with Crippen LogP contribution >= 0.6 is 11.9 Å². The molecule has 13 heteroatoms. The zero-order valence-electron chi connectivity index (χ0n) is 29.7. The average Bonchev–Trinajstić information content (AvgIpc) is 3.24. The van der Waals surface area contributed by atoms with Gasteiger partial charge in [0.15, 0.2) is 0 Å². The summed E-state index contributed by atoms with van der Waals surface area (Å²) < 4.78 is 37.1. The van der Waals surface area contributed by atoms with Crippen molar-refractivity contribution in [3.8, 4) is 17.2 Å². The number of anilines is 2. The number of nitrogens with two attached hydrogens (primary N) is 2. The lowest BCUT2D eigenvalue weighted by Gasteiger charge is -2.25. The van der Waals surface area contributed by atoms with Crippen LogP contribution in [0.1, 0.15) is 48.4 Å². The van der Waals surface area contributed by atoms with Crippen LogP contribution in [0.2, 0.25) is 0 Å². The molecule has 0 saturated carbocycles. The van der Waals surface area contributed by atoms with Gasteiger partial charge in [-0.3, -0.25) is 4.79 Å². The van der Waals surface area contributed by atoms with Crippen molar-refractivity contribution in [2.45, 2.75) is 56.8 Å². The van der Waals surface area contributed by atoms with Crippen LogP contribution in [0.3, 0.4) is 0 Å². The molecule has 2 aliphatic heterocycles. The van der Waals surface area contributed by atoms with E-state index in [-0.39, 0.29) is 30.5 Å². The van der Waals surface area contributed by atoms with E-state index >= 15 is 0 Å². The van der Waals surface area contributed by atoms with Crippen molar-refractivity contribution in [3.63, 3.8) is 0 Å². The van der Waals surface area contributed by atoms with Crippen LogP contribution in [0.25, 0.3) is 0 Å². The molecule has 0 spiro atoms. The van der Waals surface area contributed by atoms with E-state index in [0.717, 1.165) is 51.7 Å². The monoisotopic (exact) mass is 709 g/mol. The molecule has 50 heavy (non-hydrogen) atoms. The molecule has 3 atom stereocenters. The Morgan fingerprint density at radius 2 is 2.00 bits per heavy atom. The fourth-order valence-electron chi connectivity index (χ4n) is 6.19. The number of nitrogens with zero attached hydrogens (tertiary/aromatic N) is 2. The summed E-state index contributed by atoms with van der Waals surface area (Å²) in [4.78, 5) is 13.9. The van der Waals surface area contributed by atoms with Crippen LogP contribution in [0.5, 0.6) is 17.2 Å². The van der Waals surface area contributed by atoms with E-state index in [0.29, 0.717) is 63.2 Å². The van der Waals surface area contributed by atoms with E-state index in [1.54, 1.807) is 26.1 Å². The number of aryl methyl sites for hydroxylation is 1. The Morgan fingerprint density at radius 1 is 1.16 bits per heavy atom. The van der Waals surface area contributed by atoms with E-state index < -0.39 is 0 Å². The summed E-state index contributed by atoms with van der Waals surface area (Å²) in [6.45, 7) is 11.5. The summed E-state index contributed by atoms with van der Waals surface area (Å²) in [5.41, 5.74) is 11.6. The van der Waals surface area contributed by atoms with Crippen molar-refractivity contribution in [1.29, 1.82) is 0 Å². The number of nitrogen functional groups attached to an aromatic ring is 1. The molecular weight excluding hydrogens is 659 g/mol. The van der Waals surface area contributed by atoms with Gasteiger partial charge >= 0.3 is 5.97 Å². The van der Waals surface area contributed by atoms with E-state index in [2.05, 4.69) is 41.7 Å². The molecule has 2 aliphatic rings. The number of fused-ring (bicyclic) bond motifs is 1. The molecule has 0 aliphatic carbocycles. The predicted molar refractivity (Wildman–Crippen MR) is 196 cm³/mol. The fourth-order valence-corrected chi connectivity index (χ4v) is 7.28. The maximum atomic E-state index is 12.9. The minimum atomic E-state index is -0.317. The molecule has 0 aromatic heterocycles. The van der Waals surface area contributed by atoms with Gasteiger partial charge in [-0.25, -0.2) is 10.1 Å². The van der Waals surface area contributed by atoms with Crippen LogP contribution in [0, 0.1) is 6.92 Å². The molecule has 12 nitrogen and oxygen atoms in total. The van der Waals surface area contributed by atoms with Gasteiger partial charge in [0.2, 0.25) is 0 Å². The van der Waals surface area contributed by atoms with E-state index in [1.165, 1.54) is 5.01 Å². The number of methoxy groups -OCH3 is 1. The van der Waals surface area contributed by atoms with Crippen LogP contribution in [0.4, 0.5) is 11.4 Å². The summed E-state index contributed by atoms with van der Waals surface area (Å²) in [7, 11) is 3.28. The third kappa shape index (κ3) is 9.95. The Labute approximate surface area is 299 Å². The van der Waals surface area contributed by atoms with E-state index in [1.807, 2.05) is 37.3 Å². The van der Waals surface area contributed by atoms with Crippen LogP contribution in [0.15, 0.2) is 53.4 Å². The Balaban J connectivity index is 1.30. The van der Waals surface area contributed by atoms with E-state index in [4.69, 9.17) is 40.0 Å². The lowest BCUT2D eigenvalue weighted by molar-refractivity contribution is -0.143. The van der Waals surface area contributed by atoms with Crippen LogP contribution in [-0.2, 0) is 25.5 Å². The second-order valence-corrected chi connectivity index (χ2v) is 13.7. The number of rotatable bonds is 15. The third-order valence-electron chi connectivity index (χ3n) is 8.64. The Bertz CT molecular complexity index is 1590. The number of carbonyl (C=O) groups excluding carboxylic acids is 1. The maximum absolute atomic E-state index is 12.9. The zero-order valence-corrected chi connectivity index (χ0v) is 30.6. The van der Waals surface area contributed by atoms with Gasteiger partial charge in [-0.05, 0) is 79.2 Å². The number of nitrogens with one attached hydrogen (secondary N) is 1. The van der Waals surface area contributed by atoms with Crippen molar-refractivity contribution in [2.75, 3.05) is 77.6 Å². The van der Waals surface area contributed by atoms with Crippen molar-refractivity contribution in [1.82, 2.24) is 9.62 Å². The lowest BCUT2D eigenvalue weighted by atomic mass is 9.86. The average molecular weight is 710 g/mol. The first kappa shape index (κ1) is 37.5. The maximum Gasteiger partial charge on any atom is 0.306 e. The summed E-state index contributed by atoms with van der Waals surface area (Å²) in [5.74, 6) is 7.51. The van der Waals surface area contributed by atoms with Gasteiger partial charge in [0.1, 0.15) is 35.6 Å². The second kappa shape index (κ2) is 18.0. The fraction of sp³-hybridized carbons (Fsp3) is 0.486. The molecule has 3 unspecified atom stereocenters. The third-order valence-corrected chi connectivity index (χ3v) is 9.71. The van der Waals surface area contributed by atoms with Gasteiger partial charge in [-0.15, -0.1) is 0 Å². The molecule has 1 fully saturated rings. The van der Waals surface area contributed by atoms with Gasteiger partial charge < -0.3 is 44.5 Å². The normalized spacial score (nSPS) is 18.4. The number of hydrogen-bond acceptors (Lipinski definition) is 13. The number of hydrazine groups is 1. The first-order valence-electron chi connectivity index (χ1n) is 17.1. The molecule has 3 aromatic rings. The zero-order chi connectivity index (χ0) is 35.6. The quantitative estimate of drug-likeness (QED) is 0.0504. The van der Waals surface area contributed by atoms with Gasteiger partial charge in [0.25, 0.3) is 0 Å². The number of benzene rings is 3. The Morgan fingerprint density at radius 3 is 2.74 bits per heavy atom. The highest BCUT2D eigenvalue weighted by molar-refractivity contribution is 7.97. The van der Waals surface area contributed by atoms with Crippen LogP contribution < -0.4 is 36.1 Å². The lowest BCUT2D eigenvalue weighted by Crippen LogP contribution is -2.41. The first-order valence-corrected chi connectivity index (χ1v) is 17.9. The largest absolute Gasteiger partial charge is 0.494 e. The molecule has 0 radical (unpaired) electrons. The van der Waals surface area contributed by atoms with Gasteiger partial charge in [0, 0.05) is 45.2 Å². The van der Waals surface area contributed by atoms with Crippen molar-refractivity contribution in [2.24, 2.45) is 5.84 Å². The molecule has 2 heterocycles. The topological polar surface area (TPSA) is 143 Å². The number of esters is 1. The Kier molecular flexibility index (Phi) is 13.5. The number of hydrogen-bond donors (Lipinski definition) is 3. The van der Waals surface area contributed by atoms with Gasteiger partial charge in [-0.2, -0.15) is 0 Å². The van der Waals surface area contributed by atoms with Crippen LogP contribution in [-0.4, -0.2) is 89.3 Å². The van der Waals surface area contributed by atoms with E-state index in [9.17, 15) is 4.79 Å². The number of carbonyl (C=O) groups is 1. The molecule has 272 valence electrons. The molecule has 0 bridgehead atoms. The highest BCUT2D eigenvalue weighted by atomic mass is 32.2. The molecule has 5 N–H and O–H groups in total. The minimum Gasteiger partial charge on any atom is -0.494 e. The highest BCUT2D eigenvalue weighted by Gasteiger charge is 2.26. The van der Waals surface area contributed by atoms with Gasteiger partial charge in [0.05, 0.1) is 56.6 Å². The minimum absolute atomic E-state index is 0.0545. The second-order valence-electron chi connectivity index (χ2n) is 12.6. The summed E-state index contributed by atoms with van der Waals surface area (Å²) in [6, 6.07) is 16.1. The SMILES string of the molecule is CCOC(=O)CC(c1ccc(C)c(CN2CC(C)Oc3cc(OCCOCC4CNCCO4)ccc3S2)c1)c1cc(N)c(N(C)N)c(OC)c1. The standard InChI is InChI=1S/C37H51N5O7S/c1-6-46-36(43)19-31(27-16-32(38)37(41(4)39)34(17-27)44-5)26-8-7-24(2)28(15-26)22-42-21-25(3)49-33-18-29(9-10-35(33)50-42)48-14-13-45-23-30-20-40-11-12-47-30/h7-10,15-18,25,30-31,40H,6,11-14,19-23,38-39H2,1-5H3.